The Bertz CT molecular complexity index is 228. The molecular weight excluding hydrogens is 188 g/mol. The number of amides is 1. The van der Waals surface area contributed by atoms with Gasteiger partial charge in [0.25, 0.3) is 0 Å². The van der Waals surface area contributed by atoms with Gasteiger partial charge < -0.3 is 4.90 Å². The van der Waals surface area contributed by atoms with E-state index in [-0.39, 0.29) is 5.91 Å². The van der Waals surface area contributed by atoms with Crippen LogP contribution in [0.1, 0.15) is 20.8 Å². The van der Waals surface area contributed by atoms with Gasteiger partial charge in [-0.2, -0.15) is 0 Å². The van der Waals surface area contributed by atoms with Crippen LogP contribution in [0, 0.1) is 5.92 Å². The number of nitrogens with zero attached hydrogens (tertiary/aromatic N) is 2. The number of hydrogen-bond donors (Lipinski definition) is 0. The monoisotopic (exact) mass is 210 g/mol. The van der Waals surface area contributed by atoms with Crippen LogP contribution in [-0.4, -0.2) is 48.4 Å². The van der Waals surface area contributed by atoms with Gasteiger partial charge in [-0.05, 0) is 18.9 Å². The molecule has 0 unspecified atom stereocenters. The smallest absolute Gasteiger partial charge is 0.246 e. The largest absolute Gasteiger partial charge is 0.337 e. The van der Waals surface area contributed by atoms with Crippen LogP contribution in [0.2, 0.25) is 0 Å². The fraction of sp³-hybridized carbons (Fsp3) is 0.750. The van der Waals surface area contributed by atoms with E-state index in [1.807, 2.05) is 17.9 Å². The summed E-state index contributed by atoms with van der Waals surface area (Å²) in [6, 6.07) is 0. The Labute approximate surface area is 92.7 Å². The standard InChI is InChI=1S/C12H22N2O/c1-4-5-12(15)14-8-6-13(7-9-14)10-11(2)3/h4-5,11H,6-10H2,1-3H3. The Balaban J connectivity index is 2.32. The lowest BCUT2D eigenvalue weighted by molar-refractivity contribution is -0.127. The molecule has 1 aliphatic heterocycles. The lowest BCUT2D eigenvalue weighted by Crippen LogP contribution is -2.49. The quantitative estimate of drug-likeness (QED) is 0.657. The molecule has 15 heavy (non-hydrogen) atoms. The van der Waals surface area contributed by atoms with E-state index in [1.54, 1.807) is 6.08 Å². The third kappa shape index (κ3) is 4.04. The second kappa shape index (κ2) is 5.91. The van der Waals surface area contributed by atoms with Gasteiger partial charge >= 0.3 is 0 Å². The predicted molar refractivity (Wildman–Crippen MR) is 62.7 cm³/mol. The van der Waals surface area contributed by atoms with Crippen LogP contribution in [0.5, 0.6) is 0 Å². The molecule has 3 nitrogen and oxygen atoms in total. The molecule has 0 aromatic rings. The van der Waals surface area contributed by atoms with E-state index in [0.29, 0.717) is 5.92 Å². The highest BCUT2D eigenvalue weighted by Crippen LogP contribution is 2.05. The van der Waals surface area contributed by atoms with Crippen LogP contribution >= 0.6 is 0 Å². The molecule has 0 radical (unpaired) electrons. The summed E-state index contributed by atoms with van der Waals surface area (Å²) >= 11 is 0. The van der Waals surface area contributed by atoms with Crippen molar-refractivity contribution < 1.29 is 4.79 Å². The van der Waals surface area contributed by atoms with E-state index in [9.17, 15) is 4.79 Å². The fourth-order valence-corrected chi connectivity index (χ4v) is 1.92. The van der Waals surface area contributed by atoms with Crippen molar-refractivity contribution in [3.05, 3.63) is 12.2 Å². The normalized spacial score (nSPS) is 19.1. The number of allylic oxidation sites excluding steroid dienone is 1. The maximum atomic E-state index is 11.5. The first-order valence-electron chi connectivity index (χ1n) is 5.77. The molecule has 1 amide bonds. The summed E-state index contributed by atoms with van der Waals surface area (Å²) in [6.45, 7) is 11.3. The summed E-state index contributed by atoms with van der Waals surface area (Å²) < 4.78 is 0. The highest BCUT2D eigenvalue weighted by Gasteiger charge is 2.19. The van der Waals surface area contributed by atoms with E-state index < -0.39 is 0 Å². The van der Waals surface area contributed by atoms with Gasteiger partial charge in [-0.15, -0.1) is 0 Å². The molecule has 0 spiro atoms. The lowest BCUT2D eigenvalue weighted by atomic mass is 10.2. The Morgan fingerprint density at radius 2 is 1.87 bits per heavy atom. The number of hydrogen-bond acceptors (Lipinski definition) is 2. The second-order valence-electron chi connectivity index (χ2n) is 4.52. The van der Waals surface area contributed by atoms with E-state index in [0.717, 1.165) is 32.7 Å². The van der Waals surface area contributed by atoms with Crippen LogP contribution in [0.3, 0.4) is 0 Å². The second-order valence-corrected chi connectivity index (χ2v) is 4.52. The molecule has 1 heterocycles. The summed E-state index contributed by atoms with van der Waals surface area (Å²) in [6.07, 6.45) is 3.46. The molecule has 86 valence electrons. The SMILES string of the molecule is CC=CC(=O)N1CCN(CC(C)C)CC1. The topological polar surface area (TPSA) is 23.6 Å². The van der Waals surface area contributed by atoms with Crippen molar-refractivity contribution in [3.8, 4) is 0 Å². The van der Waals surface area contributed by atoms with Gasteiger partial charge in [-0.1, -0.05) is 19.9 Å². The molecular formula is C12H22N2O. The molecule has 0 aliphatic carbocycles. The highest BCUT2D eigenvalue weighted by molar-refractivity contribution is 5.87. The molecule has 1 fully saturated rings. The van der Waals surface area contributed by atoms with Crippen molar-refractivity contribution in [1.82, 2.24) is 9.80 Å². The summed E-state index contributed by atoms with van der Waals surface area (Å²) in [5.41, 5.74) is 0. The first-order chi connectivity index (χ1) is 7.13. The summed E-state index contributed by atoms with van der Waals surface area (Å²) in [4.78, 5) is 15.9. The van der Waals surface area contributed by atoms with Crippen LogP contribution in [-0.2, 0) is 4.79 Å². The van der Waals surface area contributed by atoms with Crippen LogP contribution in [0.4, 0.5) is 0 Å². The molecule has 0 aromatic heterocycles. The van der Waals surface area contributed by atoms with Gasteiger partial charge in [0, 0.05) is 32.7 Å². The molecule has 0 bridgehead atoms. The van der Waals surface area contributed by atoms with Gasteiger partial charge in [-0.3, -0.25) is 9.69 Å². The minimum Gasteiger partial charge on any atom is -0.337 e. The summed E-state index contributed by atoms with van der Waals surface area (Å²) in [7, 11) is 0. The molecule has 3 heteroatoms. The van der Waals surface area contributed by atoms with E-state index >= 15 is 0 Å². The van der Waals surface area contributed by atoms with Crippen molar-refractivity contribution in [3.63, 3.8) is 0 Å². The first kappa shape index (κ1) is 12.2. The fourth-order valence-electron chi connectivity index (χ4n) is 1.92. The Hall–Kier alpha value is -0.830. The predicted octanol–water partition coefficient (Wildman–Crippen LogP) is 1.36. The van der Waals surface area contributed by atoms with Crippen LogP contribution < -0.4 is 0 Å². The van der Waals surface area contributed by atoms with Crippen LogP contribution in [0.25, 0.3) is 0 Å². The molecule has 0 aromatic carbocycles. The zero-order valence-corrected chi connectivity index (χ0v) is 10.1. The van der Waals surface area contributed by atoms with Gasteiger partial charge in [-0.25, -0.2) is 0 Å². The number of rotatable bonds is 3. The minimum absolute atomic E-state index is 0.154. The van der Waals surface area contributed by atoms with E-state index in [4.69, 9.17) is 0 Å². The third-order valence-corrected chi connectivity index (χ3v) is 2.62. The van der Waals surface area contributed by atoms with Gasteiger partial charge in [0.05, 0.1) is 0 Å². The van der Waals surface area contributed by atoms with E-state index in [2.05, 4.69) is 18.7 Å². The van der Waals surface area contributed by atoms with E-state index in [1.165, 1.54) is 0 Å². The van der Waals surface area contributed by atoms with Crippen molar-refractivity contribution in [2.75, 3.05) is 32.7 Å². The Kier molecular flexibility index (Phi) is 4.82. The molecule has 0 atom stereocenters. The Morgan fingerprint density at radius 1 is 1.27 bits per heavy atom. The zero-order chi connectivity index (χ0) is 11.3. The number of carbonyl (C=O) groups is 1. The maximum absolute atomic E-state index is 11.5. The minimum atomic E-state index is 0.154. The highest BCUT2D eigenvalue weighted by atomic mass is 16.2. The van der Waals surface area contributed by atoms with Crippen LogP contribution in [0.15, 0.2) is 12.2 Å². The van der Waals surface area contributed by atoms with Crippen molar-refractivity contribution in [1.29, 1.82) is 0 Å². The molecule has 0 saturated carbocycles. The molecule has 1 aliphatic rings. The first-order valence-corrected chi connectivity index (χ1v) is 5.77. The lowest BCUT2D eigenvalue weighted by Gasteiger charge is -2.35. The van der Waals surface area contributed by atoms with Crippen molar-refractivity contribution in [2.24, 2.45) is 5.92 Å². The third-order valence-electron chi connectivity index (χ3n) is 2.62. The molecule has 1 saturated heterocycles. The summed E-state index contributed by atoms with van der Waals surface area (Å²) in [5.74, 6) is 0.865. The number of piperazine rings is 1. The van der Waals surface area contributed by atoms with Gasteiger partial charge in [0.15, 0.2) is 0 Å². The van der Waals surface area contributed by atoms with Gasteiger partial charge in [0.1, 0.15) is 0 Å². The molecule has 1 rings (SSSR count). The van der Waals surface area contributed by atoms with Crippen molar-refractivity contribution >= 4 is 5.91 Å². The summed E-state index contributed by atoms with van der Waals surface area (Å²) in [5, 5.41) is 0. The average molecular weight is 210 g/mol. The Morgan fingerprint density at radius 3 is 2.33 bits per heavy atom. The maximum Gasteiger partial charge on any atom is 0.246 e. The molecule has 0 N–H and O–H groups in total. The number of carbonyl (C=O) groups excluding carboxylic acids is 1. The average Bonchev–Trinajstić information content (AvgIpc) is 2.18. The van der Waals surface area contributed by atoms with Crippen molar-refractivity contribution in [2.45, 2.75) is 20.8 Å². The zero-order valence-electron chi connectivity index (χ0n) is 10.1. The van der Waals surface area contributed by atoms with Gasteiger partial charge in [0.2, 0.25) is 5.91 Å².